The Kier molecular flexibility index (Phi) is 3.98. The summed E-state index contributed by atoms with van der Waals surface area (Å²) in [5.41, 5.74) is 0. The van der Waals surface area contributed by atoms with Gasteiger partial charge in [0.15, 0.2) is 0 Å². The Balaban J connectivity index is 2.46. The first-order chi connectivity index (χ1) is 6.36. The molecule has 5 nitrogen and oxygen atoms in total. The van der Waals surface area contributed by atoms with Crippen molar-refractivity contribution in [2.45, 2.75) is 0 Å². The quantitative estimate of drug-likeness (QED) is 0.633. The number of rotatable bonds is 5. The van der Waals surface area contributed by atoms with E-state index in [0.717, 1.165) is 18.9 Å². The summed E-state index contributed by atoms with van der Waals surface area (Å²) in [4.78, 5) is 7.93. The maximum Gasteiger partial charge on any atom is 0.218 e. The Morgan fingerprint density at radius 3 is 2.92 bits per heavy atom. The Morgan fingerprint density at radius 2 is 2.23 bits per heavy atom. The van der Waals surface area contributed by atoms with Crippen molar-refractivity contribution in [3.8, 4) is 5.88 Å². The maximum atomic E-state index is 4.95. The van der Waals surface area contributed by atoms with E-state index in [-0.39, 0.29) is 0 Å². The van der Waals surface area contributed by atoms with Crippen LogP contribution in [-0.4, -0.2) is 37.2 Å². The average Bonchev–Trinajstić information content (AvgIpc) is 2.19. The van der Waals surface area contributed by atoms with Crippen molar-refractivity contribution < 1.29 is 4.74 Å². The average molecular weight is 182 g/mol. The number of aromatic nitrogens is 2. The van der Waals surface area contributed by atoms with E-state index in [4.69, 9.17) is 4.74 Å². The Labute approximate surface area is 77.5 Å². The second-order valence-corrected chi connectivity index (χ2v) is 2.48. The van der Waals surface area contributed by atoms with Gasteiger partial charge < -0.3 is 15.4 Å². The molecule has 0 amide bonds. The molecule has 2 N–H and O–H groups in total. The van der Waals surface area contributed by atoms with Crippen LogP contribution in [0.3, 0.4) is 0 Å². The third-order valence-corrected chi connectivity index (χ3v) is 1.53. The fourth-order valence-electron chi connectivity index (χ4n) is 0.863. The first kappa shape index (κ1) is 9.73. The van der Waals surface area contributed by atoms with Gasteiger partial charge in [0.05, 0.1) is 7.11 Å². The Hall–Kier alpha value is -1.36. The summed E-state index contributed by atoms with van der Waals surface area (Å²) < 4.78 is 4.95. The third-order valence-electron chi connectivity index (χ3n) is 1.53. The highest BCUT2D eigenvalue weighted by Gasteiger charge is 1.95. The number of methoxy groups -OCH3 is 1. The Morgan fingerprint density at radius 1 is 1.38 bits per heavy atom. The van der Waals surface area contributed by atoms with Crippen LogP contribution in [0.5, 0.6) is 5.88 Å². The van der Waals surface area contributed by atoms with Crippen molar-refractivity contribution in [3.63, 3.8) is 0 Å². The second-order valence-electron chi connectivity index (χ2n) is 2.48. The molecule has 1 heterocycles. The second kappa shape index (κ2) is 5.31. The summed E-state index contributed by atoms with van der Waals surface area (Å²) in [6, 6.07) is 1.76. The molecule has 0 saturated heterocycles. The monoisotopic (exact) mass is 182 g/mol. The minimum absolute atomic E-state index is 0.571. The minimum Gasteiger partial charge on any atom is -0.481 e. The molecular weight excluding hydrogens is 168 g/mol. The van der Waals surface area contributed by atoms with Gasteiger partial charge in [-0.2, -0.15) is 0 Å². The largest absolute Gasteiger partial charge is 0.481 e. The fraction of sp³-hybridized carbons (Fsp3) is 0.500. The normalized spacial score (nSPS) is 9.69. The number of anilines is 1. The van der Waals surface area contributed by atoms with Gasteiger partial charge in [-0.05, 0) is 7.05 Å². The molecule has 0 aliphatic heterocycles. The molecule has 0 aliphatic rings. The molecule has 0 aromatic carbocycles. The number of nitrogens with one attached hydrogen (secondary N) is 2. The molecule has 0 unspecified atom stereocenters. The highest BCUT2D eigenvalue weighted by atomic mass is 16.5. The molecule has 1 rings (SSSR count). The van der Waals surface area contributed by atoms with Crippen LogP contribution >= 0.6 is 0 Å². The molecule has 0 saturated carbocycles. The molecule has 0 atom stereocenters. The summed E-state index contributed by atoms with van der Waals surface area (Å²) in [6.07, 6.45) is 1.47. The smallest absolute Gasteiger partial charge is 0.218 e. The zero-order chi connectivity index (χ0) is 9.52. The minimum atomic E-state index is 0.571. The van der Waals surface area contributed by atoms with Gasteiger partial charge in [0.25, 0.3) is 0 Å². The van der Waals surface area contributed by atoms with Crippen LogP contribution in [0.4, 0.5) is 5.82 Å². The first-order valence-corrected chi connectivity index (χ1v) is 4.11. The zero-order valence-electron chi connectivity index (χ0n) is 7.87. The van der Waals surface area contributed by atoms with Crippen LogP contribution < -0.4 is 15.4 Å². The molecule has 0 fully saturated rings. The third kappa shape index (κ3) is 3.25. The fourth-order valence-corrected chi connectivity index (χ4v) is 0.863. The van der Waals surface area contributed by atoms with Crippen molar-refractivity contribution >= 4 is 5.82 Å². The first-order valence-electron chi connectivity index (χ1n) is 4.11. The topological polar surface area (TPSA) is 59.1 Å². The van der Waals surface area contributed by atoms with Crippen molar-refractivity contribution in [1.82, 2.24) is 15.3 Å². The van der Waals surface area contributed by atoms with Gasteiger partial charge in [0.1, 0.15) is 12.1 Å². The number of hydrogen-bond donors (Lipinski definition) is 2. The van der Waals surface area contributed by atoms with Gasteiger partial charge in [-0.1, -0.05) is 0 Å². The summed E-state index contributed by atoms with van der Waals surface area (Å²) >= 11 is 0. The van der Waals surface area contributed by atoms with Gasteiger partial charge in [-0.3, -0.25) is 0 Å². The lowest BCUT2D eigenvalue weighted by Gasteiger charge is -2.05. The highest BCUT2D eigenvalue weighted by Crippen LogP contribution is 2.08. The Bertz CT molecular complexity index is 254. The van der Waals surface area contributed by atoms with Crippen molar-refractivity contribution in [2.75, 3.05) is 32.6 Å². The van der Waals surface area contributed by atoms with E-state index in [0.29, 0.717) is 5.88 Å². The van der Waals surface area contributed by atoms with Crippen molar-refractivity contribution in [1.29, 1.82) is 0 Å². The predicted octanol–water partition coefficient (Wildman–Crippen LogP) is 0.116. The number of hydrogen-bond acceptors (Lipinski definition) is 5. The van der Waals surface area contributed by atoms with Crippen LogP contribution in [-0.2, 0) is 0 Å². The van der Waals surface area contributed by atoms with Crippen LogP contribution in [0.2, 0.25) is 0 Å². The highest BCUT2D eigenvalue weighted by molar-refractivity contribution is 5.36. The summed E-state index contributed by atoms with van der Waals surface area (Å²) in [5.74, 6) is 1.35. The van der Waals surface area contributed by atoms with E-state index in [1.165, 1.54) is 6.33 Å². The molecule has 13 heavy (non-hydrogen) atoms. The van der Waals surface area contributed by atoms with Gasteiger partial charge in [0, 0.05) is 19.2 Å². The molecule has 72 valence electrons. The van der Waals surface area contributed by atoms with Crippen LogP contribution in [0.1, 0.15) is 0 Å². The lowest BCUT2D eigenvalue weighted by molar-refractivity contribution is 0.397. The molecule has 0 radical (unpaired) electrons. The van der Waals surface area contributed by atoms with Crippen LogP contribution in [0.15, 0.2) is 12.4 Å². The lowest BCUT2D eigenvalue weighted by atomic mass is 10.5. The summed E-state index contributed by atoms with van der Waals surface area (Å²) in [7, 11) is 3.49. The van der Waals surface area contributed by atoms with E-state index in [9.17, 15) is 0 Å². The lowest BCUT2D eigenvalue weighted by Crippen LogP contribution is -2.18. The molecule has 0 bridgehead atoms. The molecule has 5 heteroatoms. The molecule has 0 spiro atoms. The molecule has 0 aliphatic carbocycles. The van der Waals surface area contributed by atoms with E-state index >= 15 is 0 Å². The SMILES string of the molecule is CNCCNc1cc(OC)ncn1. The van der Waals surface area contributed by atoms with Crippen LogP contribution in [0.25, 0.3) is 0 Å². The standard InChI is InChI=1S/C8H14N4O/c1-9-3-4-10-7-5-8(13-2)12-6-11-7/h5-6,9H,3-4H2,1-2H3,(H,10,11,12). The van der Waals surface area contributed by atoms with E-state index in [1.54, 1.807) is 13.2 Å². The van der Waals surface area contributed by atoms with Gasteiger partial charge >= 0.3 is 0 Å². The molecule has 1 aromatic heterocycles. The summed E-state index contributed by atoms with van der Waals surface area (Å²) in [6.45, 7) is 1.73. The van der Waals surface area contributed by atoms with Gasteiger partial charge in [0.2, 0.25) is 5.88 Å². The zero-order valence-corrected chi connectivity index (χ0v) is 7.87. The summed E-state index contributed by atoms with van der Waals surface area (Å²) in [5, 5.41) is 6.16. The van der Waals surface area contributed by atoms with Gasteiger partial charge in [-0.25, -0.2) is 9.97 Å². The van der Waals surface area contributed by atoms with Gasteiger partial charge in [-0.15, -0.1) is 0 Å². The van der Waals surface area contributed by atoms with E-state index < -0.39 is 0 Å². The maximum absolute atomic E-state index is 4.95. The van der Waals surface area contributed by atoms with Crippen LogP contribution in [0, 0.1) is 0 Å². The van der Waals surface area contributed by atoms with E-state index in [1.807, 2.05) is 7.05 Å². The molecule has 1 aromatic rings. The molecular formula is C8H14N4O. The number of likely N-dealkylation sites (N-methyl/N-ethyl adjacent to an activating group) is 1. The van der Waals surface area contributed by atoms with E-state index in [2.05, 4.69) is 20.6 Å². The van der Waals surface area contributed by atoms with Crippen molar-refractivity contribution in [2.24, 2.45) is 0 Å². The number of ether oxygens (including phenoxy) is 1. The number of nitrogens with zero attached hydrogens (tertiary/aromatic N) is 2. The predicted molar refractivity (Wildman–Crippen MR) is 51.0 cm³/mol. The van der Waals surface area contributed by atoms with Crippen molar-refractivity contribution in [3.05, 3.63) is 12.4 Å².